The van der Waals surface area contributed by atoms with Gasteiger partial charge in [-0.25, -0.2) is 4.39 Å². The maximum Gasteiger partial charge on any atom is 0.244 e. The molecule has 3 aromatic rings. The van der Waals surface area contributed by atoms with Crippen molar-refractivity contribution < 1.29 is 14.0 Å². The third kappa shape index (κ3) is 3.16. The molecule has 1 N–H and O–H groups in total. The Balaban J connectivity index is 1.57. The van der Waals surface area contributed by atoms with E-state index in [-0.39, 0.29) is 18.0 Å². The number of likely N-dealkylation sites (tertiary alicyclic amines) is 1. The van der Waals surface area contributed by atoms with E-state index < -0.39 is 0 Å². The van der Waals surface area contributed by atoms with Gasteiger partial charge in [0.2, 0.25) is 11.7 Å². The number of benzene rings is 1. The Labute approximate surface area is 143 Å². The molecular weight excluding hydrogens is 323 g/mol. The summed E-state index contributed by atoms with van der Waals surface area (Å²) in [7, 11) is 1.91. The SMILES string of the molecule is CN1C[C@H](O)C[C@@H]1c1nc(-c2ccc(-c3cccc(F)c3)cn2)no1. The van der Waals surface area contributed by atoms with Gasteiger partial charge in [0.15, 0.2) is 0 Å². The summed E-state index contributed by atoms with van der Waals surface area (Å²) >= 11 is 0. The molecule has 0 radical (unpaired) electrons. The summed E-state index contributed by atoms with van der Waals surface area (Å²) in [6, 6.07) is 9.90. The van der Waals surface area contributed by atoms with Crippen molar-refractivity contribution in [2.45, 2.75) is 18.6 Å². The van der Waals surface area contributed by atoms with E-state index in [0.29, 0.717) is 30.4 Å². The summed E-state index contributed by atoms with van der Waals surface area (Å²) in [5.41, 5.74) is 2.15. The number of rotatable bonds is 3. The molecule has 0 spiro atoms. The molecule has 1 aliphatic rings. The number of halogens is 1. The largest absolute Gasteiger partial charge is 0.392 e. The van der Waals surface area contributed by atoms with E-state index in [0.717, 1.165) is 11.1 Å². The van der Waals surface area contributed by atoms with Crippen LogP contribution >= 0.6 is 0 Å². The third-order valence-electron chi connectivity index (χ3n) is 4.40. The van der Waals surface area contributed by atoms with Gasteiger partial charge in [0.1, 0.15) is 11.5 Å². The third-order valence-corrected chi connectivity index (χ3v) is 4.40. The molecule has 0 saturated carbocycles. The molecule has 6 nitrogen and oxygen atoms in total. The topological polar surface area (TPSA) is 75.3 Å². The van der Waals surface area contributed by atoms with Crippen molar-refractivity contribution in [1.82, 2.24) is 20.0 Å². The van der Waals surface area contributed by atoms with Crippen LogP contribution in [-0.2, 0) is 0 Å². The molecule has 1 aliphatic heterocycles. The lowest BCUT2D eigenvalue weighted by molar-refractivity contribution is 0.182. The number of nitrogens with zero attached hydrogens (tertiary/aromatic N) is 4. The zero-order valence-corrected chi connectivity index (χ0v) is 13.6. The zero-order valence-electron chi connectivity index (χ0n) is 13.6. The molecular formula is C18H17FN4O2. The maximum atomic E-state index is 13.3. The Morgan fingerprint density at radius 3 is 2.80 bits per heavy atom. The molecule has 0 aliphatic carbocycles. The van der Waals surface area contributed by atoms with Gasteiger partial charge in [-0.05, 0) is 37.2 Å². The van der Waals surface area contributed by atoms with Crippen LogP contribution in [0.3, 0.4) is 0 Å². The molecule has 7 heteroatoms. The molecule has 0 bridgehead atoms. The lowest BCUT2D eigenvalue weighted by atomic mass is 10.1. The number of pyridine rings is 1. The molecule has 1 aromatic carbocycles. The number of β-amino-alcohol motifs (C(OH)–C–C–N with tert-alkyl or cyclic N) is 1. The van der Waals surface area contributed by atoms with Crippen LogP contribution in [0.5, 0.6) is 0 Å². The molecule has 3 heterocycles. The van der Waals surface area contributed by atoms with Gasteiger partial charge < -0.3 is 9.63 Å². The van der Waals surface area contributed by atoms with Crippen molar-refractivity contribution in [3.8, 4) is 22.6 Å². The van der Waals surface area contributed by atoms with Crippen LogP contribution in [0.4, 0.5) is 4.39 Å². The number of aliphatic hydroxyl groups excluding tert-OH is 1. The lowest BCUT2D eigenvalue weighted by Gasteiger charge is -2.13. The maximum absolute atomic E-state index is 13.3. The van der Waals surface area contributed by atoms with Crippen LogP contribution in [0.15, 0.2) is 47.1 Å². The van der Waals surface area contributed by atoms with Crippen molar-refractivity contribution in [2.75, 3.05) is 13.6 Å². The van der Waals surface area contributed by atoms with Crippen LogP contribution in [0, 0.1) is 5.82 Å². The van der Waals surface area contributed by atoms with Gasteiger partial charge in [0, 0.05) is 18.3 Å². The van der Waals surface area contributed by atoms with Crippen molar-refractivity contribution >= 4 is 0 Å². The van der Waals surface area contributed by atoms with Gasteiger partial charge >= 0.3 is 0 Å². The average molecular weight is 340 g/mol. The summed E-state index contributed by atoms with van der Waals surface area (Å²) in [4.78, 5) is 10.8. The Hall–Kier alpha value is -2.64. The smallest absolute Gasteiger partial charge is 0.244 e. The lowest BCUT2D eigenvalue weighted by Crippen LogP contribution is -2.19. The normalized spacial score (nSPS) is 20.9. The first-order chi connectivity index (χ1) is 12.1. The van der Waals surface area contributed by atoms with Crippen LogP contribution in [0.25, 0.3) is 22.6 Å². The summed E-state index contributed by atoms with van der Waals surface area (Å²) in [5, 5.41) is 13.7. The Bertz CT molecular complexity index is 881. The molecule has 128 valence electrons. The molecule has 4 rings (SSSR count). The Morgan fingerprint density at radius 1 is 1.24 bits per heavy atom. The molecule has 1 fully saturated rings. The molecule has 1 saturated heterocycles. The van der Waals surface area contributed by atoms with Gasteiger partial charge in [-0.3, -0.25) is 9.88 Å². The number of hydrogen-bond acceptors (Lipinski definition) is 6. The van der Waals surface area contributed by atoms with Crippen molar-refractivity contribution in [2.24, 2.45) is 0 Å². The number of likely N-dealkylation sites (N-methyl/N-ethyl adjacent to an activating group) is 1. The molecule has 0 amide bonds. The van der Waals surface area contributed by atoms with Gasteiger partial charge in [-0.2, -0.15) is 4.98 Å². The highest BCUT2D eigenvalue weighted by Crippen LogP contribution is 2.30. The number of hydrogen-bond donors (Lipinski definition) is 1. The summed E-state index contributed by atoms with van der Waals surface area (Å²) in [6.45, 7) is 0.586. The summed E-state index contributed by atoms with van der Waals surface area (Å²) < 4.78 is 18.7. The predicted octanol–water partition coefficient (Wildman–Crippen LogP) is 2.68. The first-order valence-electron chi connectivity index (χ1n) is 8.04. The highest BCUT2D eigenvalue weighted by molar-refractivity contribution is 5.64. The van der Waals surface area contributed by atoms with Crippen molar-refractivity contribution in [1.29, 1.82) is 0 Å². The molecule has 2 aromatic heterocycles. The van der Waals surface area contributed by atoms with E-state index in [1.165, 1.54) is 12.1 Å². The predicted molar refractivity (Wildman–Crippen MR) is 88.9 cm³/mol. The first-order valence-corrected chi connectivity index (χ1v) is 8.04. The number of aliphatic hydroxyl groups is 1. The summed E-state index contributed by atoms with van der Waals surface area (Å²) in [5.74, 6) is 0.591. The second kappa shape index (κ2) is 6.34. The van der Waals surface area contributed by atoms with E-state index in [4.69, 9.17) is 4.52 Å². The number of aromatic nitrogens is 3. The minimum absolute atomic E-state index is 0.0807. The second-order valence-electron chi connectivity index (χ2n) is 6.24. The van der Waals surface area contributed by atoms with E-state index in [1.807, 2.05) is 24.1 Å². The highest BCUT2D eigenvalue weighted by Gasteiger charge is 2.33. The minimum atomic E-state index is -0.381. The summed E-state index contributed by atoms with van der Waals surface area (Å²) in [6.07, 6.45) is 1.85. The van der Waals surface area contributed by atoms with E-state index in [9.17, 15) is 9.50 Å². The van der Waals surface area contributed by atoms with Crippen molar-refractivity contribution in [3.63, 3.8) is 0 Å². The first kappa shape index (κ1) is 15.9. The molecule has 25 heavy (non-hydrogen) atoms. The Morgan fingerprint density at radius 2 is 2.12 bits per heavy atom. The monoisotopic (exact) mass is 340 g/mol. The van der Waals surface area contributed by atoms with Crippen LogP contribution < -0.4 is 0 Å². The van der Waals surface area contributed by atoms with Crippen molar-refractivity contribution in [3.05, 3.63) is 54.3 Å². The molecule has 2 atom stereocenters. The van der Waals surface area contributed by atoms with Crippen LogP contribution in [0.1, 0.15) is 18.4 Å². The van der Waals surface area contributed by atoms with Crippen LogP contribution in [-0.4, -0.2) is 44.8 Å². The zero-order chi connectivity index (χ0) is 17.4. The van der Waals surface area contributed by atoms with Gasteiger partial charge in [-0.1, -0.05) is 23.4 Å². The highest BCUT2D eigenvalue weighted by atomic mass is 19.1. The fourth-order valence-corrected chi connectivity index (χ4v) is 3.10. The van der Waals surface area contributed by atoms with E-state index in [1.54, 1.807) is 18.3 Å². The van der Waals surface area contributed by atoms with Gasteiger partial charge in [0.05, 0.1) is 12.1 Å². The Kier molecular flexibility index (Phi) is 4.03. The average Bonchev–Trinajstić information content (AvgIpc) is 3.21. The minimum Gasteiger partial charge on any atom is -0.392 e. The standard InChI is InChI=1S/C18H17FN4O2/c1-23-10-14(24)8-16(23)18-21-17(22-25-18)15-6-5-12(9-20-15)11-3-2-4-13(19)7-11/h2-7,9,14,16,24H,8,10H2,1H3/t14-,16-/m1/s1. The quantitative estimate of drug-likeness (QED) is 0.790. The van der Waals surface area contributed by atoms with Crippen LogP contribution in [0.2, 0.25) is 0 Å². The van der Waals surface area contributed by atoms with Gasteiger partial charge in [0.25, 0.3) is 0 Å². The van der Waals surface area contributed by atoms with E-state index in [2.05, 4.69) is 15.1 Å². The van der Waals surface area contributed by atoms with Gasteiger partial charge in [-0.15, -0.1) is 0 Å². The second-order valence-corrected chi connectivity index (χ2v) is 6.24. The fraction of sp³-hybridized carbons (Fsp3) is 0.278. The fourth-order valence-electron chi connectivity index (χ4n) is 3.10. The van der Waals surface area contributed by atoms with E-state index >= 15 is 0 Å². The molecule has 0 unspecified atom stereocenters.